The molecule has 1 fully saturated rings. The molecule has 0 saturated carbocycles. The highest BCUT2D eigenvalue weighted by molar-refractivity contribution is 8.13. The van der Waals surface area contributed by atoms with Crippen LogP contribution in [0.15, 0.2) is 64.8 Å². The van der Waals surface area contributed by atoms with E-state index in [2.05, 4.69) is 15.5 Å². The Morgan fingerprint density at radius 1 is 1.15 bits per heavy atom. The summed E-state index contributed by atoms with van der Waals surface area (Å²) in [6.07, 6.45) is 1.01. The van der Waals surface area contributed by atoms with Gasteiger partial charge >= 0.3 is 12.0 Å². The second-order valence-corrected chi connectivity index (χ2v) is 8.99. The van der Waals surface area contributed by atoms with E-state index in [-0.39, 0.29) is 18.0 Å². The molecular formula is C25H28N4O3S. The van der Waals surface area contributed by atoms with Crippen LogP contribution in [-0.4, -0.2) is 41.0 Å². The average Bonchev–Trinajstić information content (AvgIpc) is 2.80. The summed E-state index contributed by atoms with van der Waals surface area (Å²) in [5, 5.41) is 6.72. The zero-order valence-corrected chi connectivity index (χ0v) is 19.9. The van der Waals surface area contributed by atoms with Gasteiger partial charge in [0, 0.05) is 23.7 Å². The number of hydrogen-bond donors (Lipinski definition) is 2. The number of rotatable bonds is 5. The van der Waals surface area contributed by atoms with Gasteiger partial charge in [0.15, 0.2) is 5.17 Å². The van der Waals surface area contributed by atoms with Crippen LogP contribution in [0.4, 0.5) is 16.2 Å². The van der Waals surface area contributed by atoms with Crippen LogP contribution < -0.4 is 10.6 Å². The summed E-state index contributed by atoms with van der Waals surface area (Å²) in [6, 6.07) is 14.6. The van der Waals surface area contributed by atoms with Gasteiger partial charge in [0.25, 0.3) is 0 Å². The minimum absolute atomic E-state index is 0.300. The third-order valence-corrected chi connectivity index (χ3v) is 6.68. The minimum atomic E-state index is -0.353. The molecule has 1 atom stereocenters. The van der Waals surface area contributed by atoms with Crippen molar-refractivity contribution in [3.8, 4) is 0 Å². The van der Waals surface area contributed by atoms with Crippen molar-refractivity contribution >= 4 is 40.3 Å². The van der Waals surface area contributed by atoms with Gasteiger partial charge in [-0.05, 0) is 56.5 Å². The van der Waals surface area contributed by atoms with Crippen LogP contribution in [0, 0.1) is 6.92 Å². The lowest BCUT2D eigenvalue weighted by Gasteiger charge is -2.40. The third-order valence-electron chi connectivity index (χ3n) is 5.61. The highest BCUT2D eigenvalue weighted by atomic mass is 32.2. The predicted octanol–water partition coefficient (Wildman–Crippen LogP) is 5.33. The number of aryl methyl sites for hydroxylation is 1. The molecule has 0 bridgehead atoms. The number of hydrogen-bond acceptors (Lipinski definition) is 6. The fourth-order valence-corrected chi connectivity index (χ4v) is 5.09. The SMILES string of the molecule is CCOC(=O)C1=C(C)N=C2SCCCN2[C@@H]1c1cccc(NC(=O)Nc2ccccc2C)c1. The summed E-state index contributed by atoms with van der Waals surface area (Å²) in [7, 11) is 0. The molecule has 172 valence electrons. The number of carbonyl (C=O) groups excluding carboxylic acids is 2. The van der Waals surface area contributed by atoms with Crippen molar-refractivity contribution in [1.82, 2.24) is 4.90 Å². The minimum Gasteiger partial charge on any atom is -0.463 e. The Labute approximate surface area is 198 Å². The number of fused-ring (bicyclic) bond motifs is 1. The molecule has 2 amide bonds. The first kappa shape index (κ1) is 22.9. The highest BCUT2D eigenvalue weighted by Gasteiger charge is 2.37. The highest BCUT2D eigenvalue weighted by Crippen LogP contribution is 2.40. The quantitative estimate of drug-likeness (QED) is 0.585. The van der Waals surface area contributed by atoms with E-state index in [4.69, 9.17) is 9.73 Å². The smallest absolute Gasteiger partial charge is 0.338 e. The maximum Gasteiger partial charge on any atom is 0.338 e. The second kappa shape index (κ2) is 10.1. The first-order chi connectivity index (χ1) is 16.0. The van der Waals surface area contributed by atoms with Crippen LogP contribution in [0.25, 0.3) is 0 Å². The van der Waals surface area contributed by atoms with E-state index in [0.717, 1.165) is 40.7 Å². The van der Waals surface area contributed by atoms with Crippen molar-refractivity contribution < 1.29 is 14.3 Å². The molecule has 2 aromatic carbocycles. The maximum absolute atomic E-state index is 12.9. The first-order valence-electron chi connectivity index (χ1n) is 11.1. The van der Waals surface area contributed by atoms with Crippen molar-refractivity contribution in [2.45, 2.75) is 33.2 Å². The number of nitrogens with zero attached hydrogens (tertiary/aromatic N) is 2. The monoisotopic (exact) mass is 464 g/mol. The van der Waals surface area contributed by atoms with Crippen molar-refractivity contribution in [3.05, 3.63) is 70.9 Å². The number of para-hydroxylation sites is 1. The molecule has 4 rings (SSSR count). The molecule has 8 heteroatoms. The van der Waals surface area contributed by atoms with Gasteiger partial charge in [0.2, 0.25) is 0 Å². The Bertz CT molecular complexity index is 1130. The molecule has 0 spiro atoms. The van der Waals surface area contributed by atoms with Crippen molar-refractivity contribution in [1.29, 1.82) is 0 Å². The van der Waals surface area contributed by atoms with E-state index >= 15 is 0 Å². The zero-order valence-electron chi connectivity index (χ0n) is 19.1. The number of esters is 1. The second-order valence-electron chi connectivity index (χ2n) is 7.93. The Morgan fingerprint density at radius 2 is 1.97 bits per heavy atom. The van der Waals surface area contributed by atoms with Gasteiger partial charge in [-0.25, -0.2) is 14.6 Å². The molecule has 1 saturated heterocycles. The van der Waals surface area contributed by atoms with Crippen LogP contribution >= 0.6 is 11.8 Å². The summed E-state index contributed by atoms with van der Waals surface area (Å²) in [6.45, 7) is 6.71. The van der Waals surface area contributed by atoms with Crippen LogP contribution in [0.3, 0.4) is 0 Å². The third kappa shape index (κ3) is 5.06. The number of nitrogens with one attached hydrogen (secondary N) is 2. The molecule has 2 heterocycles. The molecule has 0 radical (unpaired) electrons. The molecule has 2 aliphatic rings. The number of amides is 2. The van der Waals surface area contributed by atoms with Crippen molar-refractivity contribution in [3.63, 3.8) is 0 Å². The summed E-state index contributed by atoms with van der Waals surface area (Å²) in [4.78, 5) is 32.4. The molecule has 2 aromatic rings. The fourth-order valence-electron chi connectivity index (χ4n) is 4.07. The molecule has 2 N–H and O–H groups in total. The maximum atomic E-state index is 12.9. The number of ether oxygens (including phenoxy) is 1. The summed E-state index contributed by atoms with van der Waals surface area (Å²) in [5.74, 6) is 0.652. The number of anilines is 2. The number of urea groups is 1. The lowest BCUT2D eigenvalue weighted by Crippen LogP contribution is -2.42. The molecule has 0 unspecified atom stereocenters. The predicted molar refractivity (Wildman–Crippen MR) is 134 cm³/mol. The van der Waals surface area contributed by atoms with Crippen LogP contribution in [0.1, 0.15) is 37.4 Å². The van der Waals surface area contributed by atoms with Gasteiger partial charge in [-0.15, -0.1) is 0 Å². The lowest BCUT2D eigenvalue weighted by molar-refractivity contribution is -0.139. The average molecular weight is 465 g/mol. The van der Waals surface area contributed by atoms with E-state index in [0.29, 0.717) is 23.6 Å². The molecule has 2 aliphatic heterocycles. The van der Waals surface area contributed by atoms with Crippen molar-refractivity contribution in [2.75, 3.05) is 29.5 Å². The number of thioether (sulfide) groups is 1. The van der Waals surface area contributed by atoms with Gasteiger partial charge < -0.3 is 20.3 Å². The van der Waals surface area contributed by atoms with Crippen LogP contribution in [-0.2, 0) is 9.53 Å². The Morgan fingerprint density at radius 3 is 2.76 bits per heavy atom. The molecule has 7 nitrogen and oxygen atoms in total. The van der Waals surface area contributed by atoms with Gasteiger partial charge in [0.1, 0.15) is 0 Å². The molecular weight excluding hydrogens is 436 g/mol. The Kier molecular flexibility index (Phi) is 7.03. The van der Waals surface area contributed by atoms with Gasteiger partial charge in [-0.3, -0.25) is 0 Å². The number of allylic oxidation sites excluding steroid dienone is 1. The molecule has 33 heavy (non-hydrogen) atoms. The summed E-state index contributed by atoms with van der Waals surface area (Å²) in [5.41, 5.74) is 4.51. The van der Waals surface area contributed by atoms with E-state index in [1.807, 2.05) is 62.4 Å². The van der Waals surface area contributed by atoms with Crippen LogP contribution in [0.5, 0.6) is 0 Å². The summed E-state index contributed by atoms with van der Waals surface area (Å²) < 4.78 is 5.38. The summed E-state index contributed by atoms with van der Waals surface area (Å²) >= 11 is 1.70. The Balaban J connectivity index is 1.62. The first-order valence-corrected chi connectivity index (χ1v) is 12.1. The lowest BCUT2D eigenvalue weighted by atomic mass is 9.94. The van der Waals surface area contributed by atoms with E-state index in [1.165, 1.54) is 0 Å². The van der Waals surface area contributed by atoms with E-state index in [1.54, 1.807) is 18.7 Å². The molecule has 0 aromatic heterocycles. The van der Waals surface area contributed by atoms with Gasteiger partial charge in [-0.1, -0.05) is 42.1 Å². The largest absolute Gasteiger partial charge is 0.463 e. The number of aliphatic imine (C=N–C) groups is 1. The number of carbonyl (C=O) groups is 2. The Hall–Kier alpha value is -3.26. The fraction of sp³-hybridized carbons (Fsp3) is 0.320. The van der Waals surface area contributed by atoms with E-state index < -0.39 is 0 Å². The molecule has 0 aliphatic carbocycles. The standard InChI is InChI=1S/C25H28N4O3S/c1-4-32-23(30)21-17(3)26-25-29(13-8-14-33-25)22(21)18-10-7-11-19(15-18)27-24(31)28-20-12-6-5-9-16(20)2/h5-7,9-12,15,22H,4,8,13-14H2,1-3H3,(H2,27,28,31)/t22-/m1/s1. The van der Waals surface area contributed by atoms with Crippen LogP contribution in [0.2, 0.25) is 0 Å². The van der Waals surface area contributed by atoms with Crippen molar-refractivity contribution in [2.24, 2.45) is 4.99 Å². The number of benzene rings is 2. The topological polar surface area (TPSA) is 83.0 Å². The van der Waals surface area contributed by atoms with E-state index in [9.17, 15) is 9.59 Å². The van der Waals surface area contributed by atoms with Gasteiger partial charge in [0.05, 0.1) is 23.9 Å². The number of amidine groups is 1. The zero-order chi connectivity index (χ0) is 23.4. The van der Waals surface area contributed by atoms with Gasteiger partial charge in [-0.2, -0.15) is 0 Å². The normalized spacial score (nSPS) is 17.7.